The van der Waals surface area contributed by atoms with Gasteiger partial charge in [0.1, 0.15) is 7.05 Å². The van der Waals surface area contributed by atoms with E-state index in [0.29, 0.717) is 0 Å². The van der Waals surface area contributed by atoms with Crippen LogP contribution < -0.4 is 4.57 Å². The first-order valence-corrected chi connectivity index (χ1v) is 17.4. The molecule has 5 aliphatic rings. The van der Waals surface area contributed by atoms with E-state index < -0.39 is 0 Å². The number of aromatic nitrogens is 1. The Bertz CT molecular complexity index is 2440. The van der Waals surface area contributed by atoms with Crippen molar-refractivity contribution in [2.45, 2.75) is 0 Å². The zero-order valence-electron chi connectivity index (χ0n) is 27.7. The normalized spacial score (nSPS) is 17.8. The molecule has 0 saturated carbocycles. The standard InChI is InChI=1S/C44H32N5S/c1-48-25-21-31(22-26-48)41-33-13-14-34(45-33)42(32-23-27-49(2)28-24-32)36-16-18-38(47-36)44(30-11-7-4-8-12-30)40-20-19-39(50-40)43(29-9-5-3-6-10-29)37-17-15-35(41)46-37/h3-28H,1-2H3/q+1. The molecule has 0 atom stereocenters. The van der Waals surface area contributed by atoms with Crippen molar-refractivity contribution in [3.8, 4) is 0 Å². The summed E-state index contributed by atoms with van der Waals surface area (Å²) >= 11 is 1.78. The van der Waals surface area contributed by atoms with Gasteiger partial charge >= 0.3 is 0 Å². The molecular weight excluding hydrogens is 631 g/mol. The van der Waals surface area contributed by atoms with Crippen LogP contribution in [0.2, 0.25) is 0 Å². The summed E-state index contributed by atoms with van der Waals surface area (Å²) in [7, 11) is 4.06. The number of thiophene rings is 1. The van der Waals surface area contributed by atoms with Gasteiger partial charge in [-0.3, -0.25) is 0 Å². The maximum absolute atomic E-state index is 5.38. The molecule has 0 N–H and O–H groups in total. The van der Waals surface area contributed by atoms with Gasteiger partial charge in [0.05, 0.1) is 34.2 Å². The highest BCUT2D eigenvalue weighted by Gasteiger charge is 2.27. The lowest BCUT2D eigenvalue weighted by atomic mass is 9.97. The second-order valence-electron chi connectivity index (χ2n) is 12.5. The number of benzene rings is 2. The third kappa shape index (κ3) is 5.36. The van der Waals surface area contributed by atoms with Gasteiger partial charge in [0.25, 0.3) is 0 Å². The van der Waals surface area contributed by atoms with Gasteiger partial charge < -0.3 is 4.90 Å². The Hall–Kier alpha value is -6.24. The van der Waals surface area contributed by atoms with Crippen LogP contribution in [0.4, 0.5) is 0 Å². The van der Waals surface area contributed by atoms with E-state index in [1.165, 1.54) is 0 Å². The summed E-state index contributed by atoms with van der Waals surface area (Å²) in [6.45, 7) is 0. The van der Waals surface area contributed by atoms with Gasteiger partial charge in [-0.2, -0.15) is 0 Å². The van der Waals surface area contributed by atoms with E-state index in [0.717, 1.165) is 88.5 Å². The summed E-state index contributed by atoms with van der Waals surface area (Å²) in [6, 6.07) is 29.9. The maximum Gasteiger partial charge on any atom is 0.169 e. The first-order chi connectivity index (χ1) is 24.6. The largest absolute Gasteiger partial charge is 0.357 e. The van der Waals surface area contributed by atoms with Gasteiger partial charge in [0.15, 0.2) is 12.4 Å². The van der Waals surface area contributed by atoms with Gasteiger partial charge in [0.2, 0.25) is 0 Å². The molecule has 7 heterocycles. The van der Waals surface area contributed by atoms with Crippen molar-refractivity contribution in [2.24, 2.45) is 22.0 Å². The molecule has 0 unspecified atom stereocenters. The van der Waals surface area contributed by atoms with Crippen LogP contribution in [-0.2, 0) is 7.05 Å². The summed E-state index contributed by atoms with van der Waals surface area (Å²) in [5.74, 6) is 0. The molecule has 6 heteroatoms. The van der Waals surface area contributed by atoms with Gasteiger partial charge in [-0.1, -0.05) is 60.7 Å². The quantitative estimate of drug-likeness (QED) is 0.202. The zero-order valence-corrected chi connectivity index (χ0v) is 28.5. The van der Waals surface area contributed by atoms with Crippen LogP contribution in [0, 0.1) is 0 Å². The lowest BCUT2D eigenvalue weighted by molar-refractivity contribution is -0.671. The number of aliphatic imine (C=N–C) groups is 3. The van der Waals surface area contributed by atoms with E-state index in [9.17, 15) is 0 Å². The Labute approximate surface area is 295 Å². The predicted octanol–water partition coefficient (Wildman–Crippen LogP) is 8.82. The Balaban J connectivity index is 1.37. The molecule has 0 amide bonds. The molecule has 4 aromatic rings. The van der Waals surface area contributed by atoms with Crippen LogP contribution in [-0.4, -0.2) is 29.1 Å². The van der Waals surface area contributed by atoms with Crippen LogP contribution in [0.5, 0.6) is 0 Å². The lowest BCUT2D eigenvalue weighted by Crippen LogP contribution is -2.26. The molecule has 5 aliphatic heterocycles. The van der Waals surface area contributed by atoms with E-state index in [-0.39, 0.29) is 0 Å². The second kappa shape index (κ2) is 12.3. The van der Waals surface area contributed by atoms with Gasteiger partial charge in [-0.15, -0.1) is 11.3 Å². The van der Waals surface area contributed by atoms with E-state index in [1.807, 2.05) is 23.6 Å². The molecule has 0 spiro atoms. The molecule has 0 radical (unpaired) electrons. The first-order valence-electron chi connectivity index (χ1n) is 16.6. The molecule has 238 valence electrons. The molecular formula is C44H32N5S+. The molecule has 0 aliphatic carbocycles. The van der Waals surface area contributed by atoms with Crippen LogP contribution in [0.3, 0.4) is 0 Å². The lowest BCUT2D eigenvalue weighted by Gasteiger charge is -2.16. The molecule has 0 saturated heterocycles. The second-order valence-corrected chi connectivity index (χ2v) is 13.6. The summed E-state index contributed by atoms with van der Waals surface area (Å²) in [4.78, 5) is 20.5. The number of fused-ring (bicyclic) bond motifs is 5. The topological polar surface area (TPSA) is 44.2 Å². The highest BCUT2D eigenvalue weighted by molar-refractivity contribution is 7.14. The highest BCUT2D eigenvalue weighted by Crippen LogP contribution is 2.41. The average Bonchev–Trinajstić information content (AvgIpc) is 3.98. The van der Waals surface area contributed by atoms with Crippen LogP contribution in [0.25, 0.3) is 16.7 Å². The fourth-order valence-corrected chi connectivity index (χ4v) is 7.92. The number of pyridine rings is 1. The number of nitrogens with zero attached hydrogens (tertiary/aromatic N) is 5. The molecule has 2 aromatic carbocycles. The fourth-order valence-electron chi connectivity index (χ4n) is 6.76. The summed E-state index contributed by atoms with van der Waals surface area (Å²) < 4.78 is 2.05. The molecule has 50 heavy (non-hydrogen) atoms. The first kappa shape index (κ1) is 29.9. The van der Waals surface area contributed by atoms with E-state index in [4.69, 9.17) is 15.0 Å². The summed E-state index contributed by atoms with van der Waals surface area (Å²) in [5.41, 5.74) is 13.9. The number of rotatable bonds is 3. The smallest absolute Gasteiger partial charge is 0.169 e. The van der Waals surface area contributed by atoms with Crippen LogP contribution in [0.1, 0.15) is 26.4 Å². The number of hydrogen-bond acceptors (Lipinski definition) is 5. The third-order valence-electron chi connectivity index (χ3n) is 9.21. The van der Waals surface area contributed by atoms with Crippen LogP contribution in [0.15, 0.2) is 202 Å². The molecule has 0 fully saturated rings. The summed E-state index contributed by atoms with van der Waals surface area (Å²) in [5, 5.41) is 0. The maximum atomic E-state index is 5.38. The molecule has 2 aromatic heterocycles. The van der Waals surface area contributed by atoms with Gasteiger partial charge in [-0.05, 0) is 83.0 Å². The fraction of sp³-hybridized carbons (Fsp3) is 0.0455. The van der Waals surface area contributed by atoms with Crippen molar-refractivity contribution in [3.63, 3.8) is 0 Å². The van der Waals surface area contributed by atoms with Crippen molar-refractivity contribution in [1.82, 2.24) is 4.90 Å². The monoisotopic (exact) mass is 662 g/mol. The van der Waals surface area contributed by atoms with Crippen molar-refractivity contribution < 1.29 is 4.57 Å². The Morgan fingerprint density at radius 1 is 0.480 bits per heavy atom. The van der Waals surface area contributed by atoms with Gasteiger partial charge in [0, 0.05) is 63.6 Å². The minimum absolute atomic E-state index is 0.868. The number of allylic oxidation sites excluding steroid dienone is 11. The van der Waals surface area contributed by atoms with E-state index >= 15 is 0 Å². The zero-order chi connectivity index (χ0) is 33.6. The number of aryl methyl sites for hydroxylation is 1. The SMILES string of the molecule is CN1C=CC(=C2C3=NC(=C(c4cc[n+](C)cc4)C4=NC(=C(c5ccccc5)c5ccc(s5)C(c5ccccc5)=C5C=CC2=N5)C=C4)C=C3)C=C1. The molecule has 8 bridgehead atoms. The van der Waals surface area contributed by atoms with Crippen LogP contribution >= 0.6 is 11.3 Å². The minimum Gasteiger partial charge on any atom is -0.357 e. The van der Waals surface area contributed by atoms with Crippen molar-refractivity contribution in [1.29, 1.82) is 0 Å². The molecule has 9 rings (SSSR count). The van der Waals surface area contributed by atoms with E-state index in [1.54, 1.807) is 11.3 Å². The Morgan fingerprint density at radius 3 is 1.42 bits per heavy atom. The van der Waals surface area contributed by atoms with Crippen molar-refractivity contribution >= 4 is 45.2 Å². The molecule has 5 nitrogen and oxygen atoms in total. The highest BCUT2D eigenvalue weighted by atomic mass is 32.1. The van der Waals surface area contributed by atoms with Gasteiger partial charge in [-0.25, -0.2) is 19.5 Å². The predicted molar refractivity (Wildman–Crippen MR) is 207 cm³/mol. The summed E-state index contributed by atoms with van der Waals surface area (Å²) in [6.07, 6.45) is 25.4. The average molecular weight is 663 g/mol. The van der Waals surface area contributed by atoms with E-state index in [2.05, 4.69) is 158 Å². The van der Waals surface area contributed by atoms with Crippen molar-refractivity contribution in [3.05, 3.63) is 213 Å². The number of hydrogen-bond donors (Lipinski definition) is 0. The Morgan fingerprint density at radius 2 is 0.920 bits per heavy atom. The Kier molecular flexibility index (Phi) is 7.37. The van der Waals surface area contributed by atoms with Crippen molar-refractivity contribution in [2.75, 3.05) is 7.05 Å². The third-order valence-corrected chi connectivity index (χ3v) is 10.3. The minimum atomic E-state index is 0.868.